The first kappa shape index (κ1) is 28.2. The molecule has 7 nitrogen and oxygen atoms in total. The molecule has 1 unspecified atom stereocenters. The average molecular weight is 529 g/mol. The number of nitrogens with zero attached hydrogens (tertiary/aromatic N) is 3. The van der Waals surface area contributed by atoms with Crippen molar-refractivity contribution in [2.24, 2.45) is 0 Å². The molecule has 4 rings (SSSR count). The van der Waals surface area contributed by atoms with Crippen molar-refractivity contribution in [3.05, 3.63) is 101 Å². The molecule has 0 saturated carbocycles. The number of ether oxygens (including phenoxy) is 1. The SMILES string of the molecule is COc1ccc(CCN2C(=O)N(NC(=O)CN(C)Cc3ccccc3)CC2c2ccc(C(C)(C)C)cc2)cc1. The van der Waals surface area contributed by atoms with E-state index in [-0.39, 0.29) is 29.9 Å². The van der Waals surface area contributed by atoms with Crippen LogP contribution in [0.5, 0.6) is 5.75 Å². The Labute approximate surface area is 232 Å². The predicted molar refractivity (Wildman–Crippen MR) is 154 cm³/mol. The maximum absolute atomic E-state index is 13.6. The molecule has 3 aromatic rings. The summed E-state index contributed by atoms with van der Waals surface area (Å²) in [6, 6.07) is 26.1. The molecule has 1 N–H and O–H groups in total. The van der Waals surface area contributed by atoms with E-state index < -0.39 is 0 Å². The summed E-state index contributed by atoms with van der Waals surface area (Å²) in [6.45, 7) is 8.34. The van der Waals surface area contributed by atoms with Crippen molar-refractivity contribution in [2.45, 2.75) is 45.2 Å². The molecular weight excluding hydrogens is 488 g/mol. The molecule has 0 aromatic heterocycles. The minimum Gasteiger partial charge on any atom is -0.497 e. The number of hydrogen-bond donors (Lipinski definition) is 1. The third kappa shape index (κ3) is 7.39. The van der Waals surface area contributed by atoms with Crippen LogP contribution in [0.15, 0.2) is 78.9 Å². The molecule has 0 spiro atoms. The first-order chi connectivity index (χ1) is 18.6. The number of carbonyl (C=O) groups is 2. The fraction of sp³-hybridized carbons (Fsp3) is 0.375. The standard InChI is InChI=1S/C32H40N4O3/c1-32(2,3)27-15-13-26(14-16-27)29-22-36(33-30(37)23-34(4)21-25-9-7-6-8-10-25)31(38)35(29)20-19-24-11-17-28(39-5)18-12-24/h6-18,29H,19-23H2,1-5H3,(H,33,37). The van der Waals surface area contributed by atoms with Crippen molar-refractivity contribution in [1.29, 1.82) is 0 Å². The zero-order chi connectivity index (χ0) is 28.0. The van der Waals surface area contributed by atoms with E-state index in [1.807, 2.05) is 71.4 Å². The van der Waals surface area contributed by atoms with Gasteiger partial charge in [-0.25, -0.2) is 9.80 Å². The van der Waals surface area contributed by atoms with Crippen LogP contribution in [-0.4, -0.2) is 60.5 Å². The molecule has 1 aliphatic heterocycles. The minimum atomic E-state index is -0.208. The first-order valence-electron chi connectivity index (χ1n) is 13.5. The summed E-state index contributed by atoms with van der Waals surface area (Å²) in [5.74, 6) is 0.597. The monoisotopic (exact) mass is 528 g/mol. The highest BCUT2D eigenvalue weighted by molar-refractivity contribution is 5.84. The fourth-order valence-electron chi connectivity index (χ4n) is 4.90. The van der Waals surface area contributed by atoms with Crippen LogP contribution in [0.3, 0.4) is 0 Å². The van der Waals surface area contributed by atoms with Crippen molar-refractivity contribution in [3.63, 3.8) is 0 Å². The molecule has 1 saturated heterocycles. The van der Waals surface area contributed by atoms with Crippen molar-refractivity contribution in [1.82, 2.24) is 20.2 Å². The van der Waals surface area contributed by atoms with Gasteiger partial charge in [0.15, 0.2) is 0 Å². The molecule has 39 heavy (non-hydrogen) atoms. The normalized spacial score (nSPS) is 15.6. The Bertz CT molecular complexity index is 1240. The number of likely N-dealkylation sites (N-methyl/N-ethyl adjacent to an activating group) is 1. The fourth-order valence-corrected chi connectivity index (χ4v) is 4.90. The average Bonchev–Trinajstić information content (AvgIpc) is 3.22. The minimum absolute atomic E-state index is 0.0455. The number of nitrogens with one attached hydrogen (secondary N) is 1. The van der Waals surface area contributed by atoms with Gasteiger partial charge in [-0.3, -0.25) is 15.1 Å². The lowest BCUT2D eigenvalue weighted by molar-refractivity contribution is -0.125. The smallest absolute Gasteiger partial charge is 0.339 e. The number of rotatable bonds is 10. The van der Waals surface area contributed by atoms with Crippen molar-refractivity contribution in [2.75, 3.05) is 33.8 Å². The summed E-state index contributed by atoms with van der Waals surface area (Å²) >= 11 is 0. The van der Waals surface area contributed by atoms with Gasteiger partial charge in [0.2, 0.25) is 0 Å². The molecule has 1 heterocycles. The van der Waals surface area contributed by atoms with Gasteiger partial charge in [-0.2, -0.15) is 0 Å². The third-order valence-corrected chi connectivity index (χ3v) is 7.14. The zero-order valence-corrected chi connectivity index (χ0v) is 23.7. The number of carbonyl (C=O) groups excluding carboxylic acids is 2. The van der Waals surface area contributed by atoms with Crippen LogP contribution in [-0.2, 0) is 23.2 Å². The largest absolute Gasteiger partial charge is 0.497 e. The summed E-state index contributed by atoms with van der Waals surface area (Å²) < 4.78 is 5.27. The number of hydrogen-bond acceptors (Lipinski definition) is 4. The van der Waals surface area contributed by atoms with E-state index in [4.69, 9.17) is 4.74 Å². The third-order valence-electron chi connectivity index (χ3n) is 7.14. The van der Waals surface area contributed by atoms with Crippen LogP contribution in [0.2, 0.25) is 0 Å². The predicted octanol–water partition coefficient (Wildman–Crippen LogP) is 5.18. The lowest BCUT2D eigenvalue weighted by Gasteiger charge is -2.25. The van der Waals surface area contributed by atoms with E-state index in [2.05, 4.69) is 50.5 Å². The number of benzene rings is 3. The highest BCUT2D eigenvalue weighted by atomic mass is 16.5. The summed E-state index contributed by atoms with van der Waals surface area (Å²) in [6.07, 6.45) is 0.702. The topological polar surface area (TPSA) is 65.1 Å². The van der Waals surface area contributed by atoms with Gasteiger partial charge in [0, 0.05) is 13.1 Å². The molecule has 7 heteroatoms. The van der Waals surface area contributed by atoms with E-state index in [9.17, 15) is 9.59 Å². The molecule has 206 valence electrons. The summed E-state index contributed by atoms with van der Waals surface area (Å²) in [7, 11) is 3.55. The number of amides is 3. The van der Waals surface area contributed by atoms with Gasteiger partial charge in [-0.05, 0) is 53.3 Å². The van der Waals surface area contributed by atoms with Crippen LogP contribution < -0.4 is 10.2 Å². The van der Waals surface area contributed by atoms with Crippen molar-refractivity contribution >= 4 is 11.9 Å². The van der Waals surface area contributed by atoms with E-state index in [0.29, 0.717) is 26.1 Å². The molecule has 1 fully saturated rings. The zero-order valence-electron chi connectivity index (χ0n) is 23.7. The van der Waals surface area contributed by atoms with Gasteiger partial charge in [-0.1, -0.05) is 87.5 Å². The Morgan fingerprint density at radius 2 is 1.64 bits per heavy atom. The van der Waals surface area contributed by atoms with E-state index in [1.54, 1.807) is 7.11 Å². The van der Waals surface area contributed by atoms with Gasteiger partial charge in [0.05, 0.1) is 26.2 Å². The van der Waals surface area contributed by atoms with Crippen LogP contribution in [0, 0.1) is 0 Å². The second-order valence-electron chi connectivity index (χ2n) is 11.3. The Balaban J connectivity index is 1.46. The molecule has 0 aliphatic carbocycles. The quantitative estimate of drug-likeness (QED) is 0.394. The summed E-state index contributed by atoms with van der Waals surface area (Å²) in [5.41, 5.74) is 7.47. The Kier molecular flexibility index (Phi) is 8.92. The maximum Gasteiger partial charge on any atom is 0.339 e. The Morgan fingerprint density at radius 3 is 2.26 bits per heavy atom. The van der Waals surface area contributed by atoms with Gasteiger partial charge in [0.1, 0.15) is 5.75 Å². The van der Waals surface area contributed by atoms with Crippen molar-refractivity contribution < 1.29 is 14.3 Å². The molecule has 1 atom stereocenters. The number of methoxy groups -OCH3 is 1. The first-order valence-corrected chi connectivity index (χ1v) is 13.5. The second-order valence-corrected chi connectivity index (χ2v) is 11.3. The van der Waals surface area contributed by atoms with Gasteiger partial charge in [-0.15, -0.1) is 0 Å². The van der Waals surface area contributed by atoms with Gasteiger partial charge in [0.25, 0.3) is 5.91 Å². The van der Waals surface area contributed by atoms with E-state index in [0.717, 1.165) is 22.4 Å². The van der Waals surface area contributed by atoms with E-state index >= 15 is 0 Å². The van der Waals surface area contributed by atoms with Gasteiger partial charge < -0.3 is 9.64 Å². The number of urea groups is 1. The van der Waals surface area contributed by atoms with Crippen LogP contribution in [0.25, 0.3) is 0 Å². The summed E-state index contributed by atoms with van der Waals surface area (Å²) in [4.78, 5) is 30.3. The highest BCUT2D eigenvalue weighted by Gasteiger charge is 2.39. The van der Waals surface area contributed by atoms with Crippen LogP contribution in [0.4, 0.5) is 4.79 Å². The van der Waals surface area contributed by atoms with Gasteiger partial charge >= 0.3 is 6.03 Å². The molecule has 3 amide bonds. The Morgan fingerprint density at radius 1 is 0.974 bits per heavy atom. The highest BCUT2D eigenvalue weighted by Crippen LogP contribution is 2.31. The molecule has 0 bridgehead atoms. The van der Waals surface area contributed by atoms with E-state index in [1.165, 1.54) is 10.6 Å². The molecule has 1 aliphatic rings. The number of hydrazine groups is 1. The van der Waals surface area contributed by atoms with Crippen LogP contribution >= 0.6 is 0 Å². The lowest BCUT2D eigenvalue weighted by Crippen LogP contribution is -2.48. The van der Waals surface area contributed by atoms with Crippen LogP contribution in [0.1, 0.15) is 49.1 Å². The van der Waals surface area contributed by atoms with Crippen molar-refractivity contribution in [3.8, 4) is 5.75 Å². The Hall–Kier alpha value is -3.84. The second kappa shape index (κ2) is 12.3. The molecule has 0 radical (unpaired) electrons. The lowest BCUT2D eigenvalue weighted by atomic mass is 9.86. The molecule has 3 aromatic carbocycles. The maximum atomic E-state index is 13.6. The molecular formula is C32H40N4O3. The summed E-state index contributed by atoms with van der Waals surface area (Å²) in [5, 5.41) is 1.47.